The first kappa shape index (κ1) is 15.3. The molecule has 0 bridgehead atoms. The van der Waals surface area contributed by atoms with Crippen molar-refractivity contribution in [2.24, 2.45) is 5.92 Å². The maximum absolute atomic E-state index is 10.7. The first-order valence-corrected chi connectivity index (χ1v) is 8.73. The van der Waals surface area contributed by atoms with Crippen molar-refractivity contribution in [3.05, 3.63) is 28.2 Å². The van der Waals surface area contributed by atoms with Crippen LogP contribution in [0.25, 0.3) is 0 Å². The van der Waals surface area contributed by atoms with Gasteiger partial charge in [0.25, 0.3) is 0 Å². The lowest BCUT2D eigenvalue weighted by molar-refractivity contribution is -0.00915. The molecule has 4 heteroatoms. The minimum absolute atomic E-state index is 0.273. The summed E-state index contributed by atoms with van der Waals surface area (Å²) in [5.74, 6) is 1.72. The lowest BCUT2D eigenvalue weighted by Crippen LogP contribution is -2.45. The highest BCUT2D eigenvalue weighted by molar-refractivity contribution is 9.10. The Morgan fingerprint density at radius 3 is 2.86 bits per heavy atom. The Morgan fingerprint density at radius 1 is 1.33 bits per heavy atom. The summed E-state index contributed by atoms with van der Waals surface area (Å²) in [6.07, 6.45) is 5.05. The Morgan fingerprint density at radius 2 is 2.10 bits per heavy atom. The summed E-state index contributed by atoms with van der Waals surface area (Å²) in [5.41, 5.74) is 0.667. The Kier molecular flexibility index (Phi) is 4.57. The largest absolute Gasteiger partial charge is 0.493 e. The fraction of sp³-hybridized carbons (Fsp3) is 0.647. The van der Waals surface area contributed by atoms with Gasteiger partial charge in [-0.05, 0) is 49.8 Å². The van der Waals surface area contributed by atoms with Gasteiger partial charge in [-0.2, -0.15) is 0 Å². The average Bonchev–Trinajstić information content (AvgIpc) is 2.49. The van der Waals surface area contributed by atoms with Crippen LogP contribution in [0, 0.1) is 5.92 Å². The van der Waals surface area contributed by atoms with E-state index >= 15 is 0 Å². The van der Waals surface area contributed by atoms with E-state index < -0.39 is 5.60 Å². The summed E-state index contributed by atoms with van der Waals surface area (Å²) in [4.78, 5) is 0. The molecule has 0 saturated heterocycles. The molecule has 0 aromatic heterocycles. The van der Waals surface area contributed by atoms with Crippen molar-refractivity contribution in [1.82, 2.24) is 5.32 Å². The van der Waals surface area contributed by atoms with Crippen LogP contribution in [0.1, 0.15) is 50.6 Å². The molecule has 1 aliphatic heterocycles. The van der Waals surface area contributed by atoms with Crippen molar-refractivity contribution in [2.75, 3.05) is 13.2 Å². The van der Waals surface area contributed by atoms with Gasteiger partial charge >= 0.3 is 0 Å². The molecular formula is C17H24BrNO2. The molecule has 0 radical (unpaired) electrons. The van der Waals surface area contributed by atoms with Gasteiger partial charge in [0.1, 0.15) is 5.75 Å². The first-order chi connectivity index (χ1) is 10.1. The molecule has 2 aliphatic rings. The third-order valence-corrected chi connectivity index (χ3v) is 5.39. The summed E-state index contributed by atoms with van der Waals surface area (Å²) in [6.45, 7) is 3.69. The van der Waals surface area contributed by atoms with E-state index in [1.165, 1.54) is 5.56 Å². The fourth-order valence-corrected chi connectivity index (χ4v) is 3.75. The van der Waals surface area contributed by atoms with E-state index in [1.807, 2.05) is 12.1 Å². The topological polar surface area (TPSA) is 41.5 Å². The molecular weight excluding hydrogens is 330 g/mol. The Labute approximate surface area is 135 Å². The SMILES string of the molecule is CC1CCC(O)(CNC2CCOc3ccc(Br)cc32)CC1. The number of aliphatic hydroxyl groups is 1. The molecule has 3 nitrogen and oxygen atoms in total. The number of ether oxygens (including phenoxy) is 1. The second-order valence-electron chi connectivity index (χ2n) is 6.66. The van der Waals surface area contributed by atoms with Gasteiger partial charge in [0.05, 0.1) is 12.2 Å². The highest BCUT2D eigenvalue weighted by atomic mass is 79.9. The van der Waals surface area contributed by atoms with E-state index in [2.05, 4.69) is 34.2 Å². The number of hydrogen-bond donors (Lipinski definition) is 2. The molecule has 116 valence electrons. The summed E-state index contributed by atoms with van der Waals surface area (Å²) < 4.78 is 6.79. The third-order valence-electron chi connectivity index (χ3n) is 4.89. The molecule has 3 rings (SSSR count). The normalized spacial score (nSPS) is 32.3. The average molecular weight is 354 g/mol. The molecule has 1 aliphatic carbocycles. The zero-order chi connectivity index (χ0) is 14.9. The van der Waals surface area contributed by atoms with Crippen LogP contribution >= 0.6 is 15.9 Å². The van der Waals surface area contributed by atoms with Crippen LogP contribution in [-0.2, 0) is 0 Å². The van der Waals surface area contributed by atoms with Gasteiger partial charge in [0.2, 0.25) is 0 Å². The van der Waals surface area contributed by atoms with E-state index in [0.717, 1.165) is 54.9 Å². The fourth-order valence-electron chi connectivity index (χ4n) is 3.37. The zero-order valence-electron chi connectivity index (χ0n) is 12.6. The van der Waals surface area contributed by atoms with Crippen molar-refractivity contribution >= 4 is 15.9 Å². The number of benzene rings is 1. The summed E-state index contributed by atoms with van der Waals surface area (Å²) >= 11 is 3.53. The van der Waals surface area contributed by atoms with Crippen molar-refractivity contribution in [2.45, 2.75) is 50.7 Å². The number of fused-ring (bicyclic) bond motifs is 1. The third kappa shape index (κ3) is 3.61. The van der Waals surface area contributed by atoms with Crippen LogP contribution in [0.15, 0.2) is 22.7 Å². The van der Waals surface area contributed by atoms with Crippen LogP contribution in [0.4, 0.5) is 0 Å². The predicted octanol–water partition coefficient (Wildman–Crippen LogP) is 3.80. The maximum Gasteiger partial charge on any atom is 0.124 e. The smallest absolute Gasteiger partial charge is 0.124 e. The van der Waals surface area contributed by atoms with E-state index in [1.54, 1.807) is 0 Å². The second kappa shape index (κ2) is 6.27. The molecule has 1 heterocycles. The number of hydrogen-bond acceptors (Lipinski definition) is 3. The second-order valence-corrected chi connectivity index (χ2v) is 7.58. The van der Waals surface area contributed by atoms with Gasteiger partial charge in [0, 0.05) is 29.0 Å². The first-order valence-electron chi connectivity index (χ1n) is 7.94. The maximum atomic E-state index is 10.7. The van der Waals surface area contributed by atoms with E-state index in [-0.39, 0.29) is 6.04 Å². The predicted molar refractivity (Wildman–Crippen MR) is 87.6 cm³/mol. The molecule has 1 saturated carbocycles. The molecule has 21 heavy (non-hydrogen) atoms. The van der Waals surface area contributed by atoms with Crippen LogP contribution in [-0.4, -0.2) is 23.9 Å². The Bertz CT molecular complexity index is 498. The van der Waals surface area contributed by atoms with Gasteiger partial charge in [-0.3, -0.25) is 0 Å². The van der Waals surface area contributed by atoms with Crippen molar-refractivity contribution in [3.8, 4) is 5.75 Å². The number of halogens is 1. The number of rotatable bonds is 3. The minimum Gasteiger partial charge on any atom is -0.493 e. The lowest BCUT2D eigenvalue weighted by atomic mass is 9.79. The van der Waals surface area contributed by atoms with E-state index in [0.29, 0.717) is 6.54 Å². The van der Waals surface area contributed by atoms with Crippen molar-refractivity contribution in [1.29, 1.82) is 0 Å². The van der Waals surface area contributed by atoms with E-state index in [9.17, 15) is 5.11 Å². The van der Waals surface area contributed by atoms with Gasteiger partial charge in [-0.15, -0.1) is 0 Å². The minimum atomic E-state index is -0.531. The van der Waals surface area contributed by atoms with Crippen molar-refractivity contribution < 1.29 is 9.84 Å². The zero-order valence-corrected chi connectivity index (χ0v) is 14.2. The molecule has 1 aromatic carbocycles. The summed E-state index contributed by atoms with van der Waals surface area (Å²) in [5, 5.41) is 14.3. The molecule has 0 spiro atoms. The van der Waals surface area contributed by atoms with Gasteiger partial charge in [-0.1, -0.05) is 22.9 Å². The van der Waals surface area contributed by atoms with Crippen molar-refractivity contribution in [3.63, 3.8) is 0 Å². The standard InChI is InChI=1S/C17H24BrNO2/c1-12-4-7-17(20,8-5-12)11-19-15-6-9-21-16-3-2-13(18)10-14(15)16/h2-3,10,12,15,19-20H,4-9,11H2,1H3. The monoisotopic (exact) mass is 353 g/mol. The molecule has 1 aromatic rings. The quantitative estimate of drug-likeness (QED) is 0.868. The Balaban J connectivity index is 1.65. The molecule has 0 amide bonds. The molecule has 1 atom stereocenters. The van der Waals surface area contributed by atoms with Crippen LogP contribution in [0.3, 0.4) is 0 Å². The van der Waals surface area contributed by atoms with Crippen LogP contribution in [0.5, 0.6) is 5.75 Å². The van der Waals surface area contributed by atoms with E-state index in [4.69, 9.17) is 4.74 Å². The number of nitrogens with one attached hydrogen (secondary N) is 1. The lowest BCUT2D eigenvalue weighted by Gasteiger charge is -2.37. The molecule has 1 unspecified atom stereocenters. The summed E-state index contributed by atoms with van der Waals surface area (Å²) in [6, 6.07) is 6.43. The van der Waals surface area contributed by atoms with Crippen LogP contribution in [0.2, 0.25) is 0 Å². The molecule has 1 fully saturated rings. The Hall–Kier alpha value is -0.580. The summed E-state index contributed by atoms with van der Waals surface area (Å²) in [7, 11) is 0. The van der Waals surface area contributed by atoms with Crippen LogP contribution < -0.4 is 10.1 Å². The van der Waals surface area contributed by atoms with Gasteiger partial charge in [0.15, 0.2) is 0 Å². The van der Waals surface area contributed by atoms with Gasteiger partial charge in [-0.25, -0.2) is 0 Å². The highest BCUT2D eigenvalue weighted by Gasteiger charge is 2.33. The molecule has 2 N–H and O–H groups in total. The highest BCUT2D eigenvalue weighted by Crippen LogP contribution is 2.36. The van der Waals surface area contributed by atoms with Gasteiger partial charge < -0.3 is 15.2 Å².